The van der Waals surface area contributed by atoms with Crippen LogP contribution in [0, 0.1) is 11.7 Å². The van der Waals surface area contributed by atoms with Gasteiger partial charge in [-0.25, -0.2) is 12.8 Å². The molecule has 10 heteroatoms. The number of nitrogens with zero attached hydrogens (tertiary/aromatic N) is 2. The Morgan fingerprint density at radius 2 is 1.91 bits per heavy atom. The van der Waals surface area contributed by atoms with E-state index in [0.29, 0.717) is 18.8 Å². The van der Waals surface area contributed by atoms with E-state index in [0.717, 1.165) is 24.3 Å². The Morgan fingerprint density at radius 1 is 1.24 bits per heavy atom. The monoisotopic (exact) mass is 479 g/mol. The largest absolute Gasteiger partial charge is 0.488 e. The molecule has 2 N–H and O–H groups in total. The van der Waals surface area contributed by atoms with Crippen LogP contribution in [0.5, 0.6) is 5.75 Å². The average molecular weight is 480 g/mol. The van der Waals surface area contributed by atoms with E-state index in [1.165, 1.54) is 12.1 Å². The minimum absolute atomic E-state index is 0.00449. The summed E-state index contributed by atoms with van der Waals surface area (Å²) >= 11 is 0. The summed E-state index contributed by atoms with van der Waals surface area (Å²) in [4.78, 5) is 16.9. The van der Waals surface area contributed by atoms with Crippen LogP contribution in [0.4, 0.5) is 10.1 Å². The molecule has 0 spiro atoms. The van der Waals surface area contributed by atoms with Crippen LogP contribution < -0.4 is 9.46 Å². The third-order valence-electron chi connectivity index (χ3n) is 5.59. The number of nitrogens with one attached hydrogen (secondary N) is 1. The van der Waals surface area contributed by atoms with Gasteiger partial charge in [-0.2, -0.15) is 0 Å². The predicted octanol–water partition coefficient (Wildman–Crippen LogP) is 2.41. The number of carbonyl (C=O) groups excluding carboxylic acids is 1. The molecule has 8 nitrogen and oxygen atoms in total. The van der Waals surface area contributed by atoms with Crippen LogP contribution in [0.25, 0.3) is 0 Å². The number of carbonyl (C=O) groups is 1. The first-order chi connectivity index (χ1) is 15.5. The van der Waals surface area contributed by atoms with Gasteiger partial charge in [-0.3, -0.25) is 9.52 Å². The summed E-state index contributed by atoms with van der Waals surface area (Å²) in [5, 5.41) is 9.71. The Morgan fingerprint density at radius 3 is 2.52 bits per heavy atom. The third-order valence-corrected chi connectivity index (χ3v) is 6.98. The second kappa shape index (κ2) is 10.1. The molecule has 2 aromatic carbocycles. The van der Waals surface area contributed by atoms with Gasteiger partial charge < -0.3 is 19.6 Å². The summed E-state index contributed by atoms with van der Waals surface area (Å²) in [6.07, 6.45) is -0.220. The maximum absolute atomic E-state index is 13.4. The van der Waals surface area contributed by atoms with Crippen LogP contribution in [-0.2, 0) is 10.0 Å². The SMILES string of the molecule is C[C@@H]1CN([C@@H](C)CO)C(=O)c2cc(NS(=O)(=O)c3ccc(F)cc3)ccc2O[C@H]1CN(C)C. The highest BCUT2D eigenvalue weighted by molar-refractivity contribution is 7.92. The van der Waals surface area contributed by atoms with Crippen LogP contribution in [-0.4, -0.2) is 75.2 Å². The van der Waals surface area contributed by atoms with Gasteiger partial charge in [0.15, 0.2) is 0 Å². The molecule has 0 aromatic heterocycles. The zero-order valence-electron chi connectivity index (χ0n) is 19.2. The Kier molecular flexibility index (Phi) is 7.61. The maximum Gasteiger partial charge on any atom is 0.261 e. The number of anilines is 1. The molecule has 2 aromatic rings. The van der Waals surface area contributed by atoms with Crippen molar-refractivity contribution in [2.45, 2.75) is 30.9 Å². The van der Waals surface area contributed by atoms with Crippen molar-refractivity contribution in [3.05, 3.63) is 53.8 Å². The van der Waals surface area contributed by atoms with Crippen molar-refractivity contribution in [1.29, 1.82) is 0 Å². The second-order valence-corrected chi connectivity index (χ2v) is 10.3. The van der Waals surface area contributed by atoms with Gasteiger partial charge >= 0.3 is 0 Å². The number of rotatable bonds is 7. The Labute approximate surface area is 194 Å². The van der Waals surface area contributed by atoms with Crippen LogP contribution in [0.2, 0.25) is 0 Å². The summed E-state index contributed by atoms with van der Waals surface area (Å²) in [5.41, 5.74) is 0.370. The molecule has 0 saturated carbocycles. The number of likely N-dealkylation sites (N-methyl/N-ethyl adjacent to an activating group) is 1. The molecular formula is C23H30FN3O5S. The van der Waals surface area contributed by atoms with E-state index in [9.17, 15) is 22.7 Å². The predicted molar refractivity (Wildman–Crippen MR) is 123 cm³/mol. The van der Waals surface area contributed by atoms with Crippen molar-refractivity contribution in [1.82, 2.24) is 9.80 Å². The average Bonchev–Trinajstić information content (AvgIpc) is 2.76. The molecule has 3 rings (SSSR count). The summed E-state index contributed by atoms with van der Waals surface area (Å²) in [6, 6.07) is 8.54. The van der Waals surface area contributed by atoms with Crippen molar-refractivity contribution in [3.63, 3.8) is 0 Å². The maximum atomic E-state index is 13.4. The molecule has 3 atom stereocenters. The van der Waals surface area contributed by atoms with Gasteiger partial charge in [0.05, 0.1) is 23.1 Å². The number of hydrogen-bond donors (Lipinski definition) is 2. The smallest absolute Gasteiger partial charge is 0.261 e. The molecule has 1 aliphatic heterocycles. The summed E-state index contributed by atoms with van der Waals surface area (Å²) in [5.74, 6) is -0.560. The first-order valence-electron chi connectivity index (χ1n) is 10.7. The molecule has 0 fully saturated rings. The number of amides is 1. The Balaban J connectivity index is 2.00. The molecular weight excluding hydrogens is 449 g/mol. The van der Waals surface area contributed by atoms with Crippen molar-refractivity contribution in [2.75, 3.05) is 38.5 Å². The topological polar surface area (TPSA) is 99.2 Å². The molecule has 0 aliphatic carbocycles. The van der Waals surface area contributed by atoms with E-state index in [-0.39, 0.29) is 40.7 Å². The number of halogens is 1. The summed E-state index contributed by atoms with van der Waals surface area (Å²) in [7, 11) is -0.124. The fourth-order valence-electron chi connectivity index (χ4n) is 3.69. The lowest BCUT2D eigenvalue weighted by atomic mass is 9.99. The molecule has 1 heterocycles. The number of aliphatic hydroxyl groups is 1. The number of ether oxygens (including phenoxy) is 1. The summed E-state index contributed by atoms with van der Waals surface area (Å²) < 4.78 is 47.3. The highest BCUT2D eigenvalue weighted by Crippen LogP contribution is 2.31. The van der Waals surface area contributed by atoms with Gasteiger partial charge in [-0.1, -0.05) is 6.92 Å². The molecule has 0 bridgehead atoms. The molecule has 1 amide bonds. The van der Waals surface area contributed by atoms with Crippen molar-refractivity contribution >= 4 is 21.6 Å². The number of aliphatic hydroxyl groups excluding tert-OH is 1. The highest BCUT2D eigenvalue weighted by atomic mass is 32.2. The molecule has 0 radical (unpaired) electrons. The van der Waals surface area contributed by atoms with E-state index >= 15 is 0 Å². The van der Waals surface area contributed by atoms with E-state index in [2.05, 4.69) is 4.72 Å². The van der Waals surface area contributed by atoms with Crippen LogP contribution >= 0.6 is 0 Å². The molecule has 0 saturated heterocycles. The van der Waals surface area contributed by atoms with Gasteiger partial charge in [0.25, 0.3) is 15.9 Å². The van der Waals surface area contributed by atoms with E-state index in [4.69, 9.17) is 4.74 Å². The first-order valence-corrected chi connectivity index (χ1v) is 12.2. The standard InChI is InChI=1S/C23H30FN3O5S/c1-15-12-27(16(2)14-28)23(29)20-11-18(7-10-21(20)32-22(15)13-26(3)4)25-33(30,31)19-8-5-17(24)6-9-19/h5-11,15-16,22,25,28H,12-14H2,1-4H3/t15-,16+,22+/m1/s1. The lowest BCUT2D eigenvalue weighted by molar-refractivity contribution is 0.0363. The van der Waals surface area contributed by atoms with E-state index in [1.54, 1.807) is 17.9 Å². The zero-order valence-corrected chi connectivity index (χ0v) is 20.0. The Hall–Kier alpha value is -2.69. The second-order valence-electron chi connectivity index (χ2n) is 8.66. The summed E-state index contributed by atoms with van der Waals surface area (Å²) in [6.45, 7) is 4.55. The normalized spacial score (nSPS) is 20.0. The van der Waals surface area contributed by atoms with Crippen LogP contribution in [0.15, 0.2) is 47.4 Å². The van der Waals surface area contributed by atoms with Crippen molar-refractivity contribution in [2.24, 2.45) is 5.92 Å². The van der Waals surface area contributed by atoms with Gasteiger partial charge in [0.1, 0.15) is 17.7 Å². The van der Waals surface area contributed by atoms with Crippen molar-refractivity contribution < 1.29 is 27.4 Å². The third kappa shape index (κ3) is 5.82. The molecule has 1 aliphatic rings. The lowest BCUT2D eigenvalue weighted by Crippen LogP contribution is -2.49. The van der Waals surface area contributed by atoms with Crippen LogP contribution in [0.3, 0.4) is 0 Å². The molecule has 0 unspecified atom stereocenters. The lowest BCUT2D eigenvalue weighted by Gasteiger charge is -2.37. The van der Waals surface area contributed by atoms with Gasteiger partial charge in [0, 0.05) is 24.7 Å². The fourth-order valence-corrected chi connectivity index (χ4v) is 4.74. The number of hydrogen-bond acceptors (Lipinski definition) is 6. The minimum Gasteiger partial charge on any atom is -0.488 e. The first kappa shape index (κ1) is 24.9. The van der Waals surface area contributed by atoms with Gasteiger partial charge in [-0.15, -0.1) is 0 Å². The van der Waals surface area contributed by atoms with E-state index < -0.39 is 21.9 Å². The number of benzene rings is 2. The molecule has 180 valence electrons. The zero-order chi connectivity index (χ0) is 24.3. The van der Waals surface area contributed by atoms with E-state index in [1.807, 2.05) is 25.9 Å². The quantitative estimate of drug-likeness (QED) is 0.633. The minimum atomic E-state index is -3.99. The number of fused-ring (bicyclic) bond motifs is 1. The van der Waals surface area contributed by atoms with Crippen LogP contribution in [0.1, 0.15) is 24.2 Å². The number of sulfonamides is 1. The Bertz CT molecular complexity index is 1090. The fraction of sp³-hybridized carbons (Fsp3) is 0.435. The highest BCUT2D eigenvalue weighted by Gasteiger charge is 2.33. The van der Waals surface area contributed by atoms with Crippen molar-refractivity contribution in [3.8, 4) is 5.75 Å². The van der Waals surface area contributed by atoms with Gasteiger partial charge in [-0.05, 0) is 63.5 Å². The molecule has 33 heavy (non-hydrogen) atoms. The van der Waals surface area contributed by atoms with Gasteiger partial charge in [0.2, 0.25) is 0 Å².